The molecule has 104 valence electrons. The maximum atomic E-state index is 12.7. The van der Waals surface area contributed by atoms with Gasteiger partial charge in [0.2, 0.25) is 0 Å². The van der Waals surface area contributed by atoms with Crippen molar-refractivity contribution in [3.63, 3.8) is 0 Å². The summed E-state index contributed by atoms with van der Waals surface area (Å²) in [6.07, 6.45) is -4.33. The molecule has 0 bridgehead atoms. The molecule has 2 aromatic rings. The van der Waals surface area contributed by atoms with Crippen molar-refractivity contribution < 1.29 is 13.2 Å². The second kappa shape index (κ2) is 4.85. The number of aromatic nitrogens is 2. The summed E-state index contributed by atoms with van der Waals surface area (Å²) in [7, 11) is 1.81. The Labute approximate surface area is 109 Å². The fourth-order valence-corrected chi connectivity index (χ4v) is 2.18. The first kappa shape index (κ1) is 13.9. The molecule has 0 aliphatic heterocycles. The summed E-state index contributed by atoms with van der Waals surface area (Å²) in [4.78, 5) is 4.31. The van der Waals surface area contributed by atoms with Gasteiger partial charge in [-0.3, -0.25) is 0 Å². The van der Waals surface area contributed by atoms with Gasteiger partial charge in [-0.25, -0.2) is 4.98 Å². The Balaban J connectivity index is 2.51. The Hall–Kier alpha value is -1.56. The van der Waals surface area contributed by atoms with Gasteiger partial charge in [0.05, 0.1) is 22.6 Å². The summed E-state index contributed by atoms with van der Waals surface area (Å²) in [6.45, 7) is 4.69. The van der Waals surface area contributed by atoms with E-state index >= 15 is 0 Å². The average Bonchev–Trinajstić information content (AvgIpc) is 2.66. The van der Waals surface area contributed by atoms with Gasteiger partial charge in [0.1, 0.15) is 5.82 Å². The van der Waals surface area contributed by atoms with Crippen LogP contribution < -0.4 is 5.32 Å². The lowest BCUT2D eigenvalue weighted by Gasteiger charge is -2.11. The van der Waals surface area contributed by atoms with Crippen LogP contribution in [0, 0.1) is 0 Å². The third-order valence-corrected chi connectivity index (χ3v) is 3.14. The second-order valence-corrected chi connectivity index (χ2v) is 4.51. The molecule has 0 spiro atoms. The number of fused-ring (bicyclic) bond motifs is 1. The molecule has 1 unspecified atom stereocenters. The van der Waals surface area contributed by atoms with Crippen LogP contribution >= 0.6 is 0 Å². The van der Waals surface area contributed by atoms with Crippen LogP contribution in [0.4, 0.5) is 13.2 Å². The molecule has 0 fully saturated rings. The molecule has 3 nitrogen and oxygen atoms in total. The molecule has 1 N–H and O–H groups in total. The van der Waals surface area contributed by atoms with E-state index in [1.54, 1.807) is 0 Å². The summed E-state index contributed by atoms with van der Waals surface area (Å²) in [5.74, 6) is 0.733. The van der Waals surface area contributed by atoms with E-state index in [2.05, 4.69) is 10.3 Å². The molecule has 0 saturated heterocycles. The first-order valence-electron chi connectivity index (χ1n) is 6.11. The minimum absolute atomic E-state index is 0.00302. The minimum Gasteiger partial charge on any atom is -0.330 e. The lowest BCUT2D eigenvalue weighted by atomic mass is 10.2. The Morgan fingerprint density at radius 1 is 1.37 bits per heavy atom. The number of nitrogens with one attached hydrogen (secondary N) is 1. The summed E-state index contributed by atoms with van der Waals surface area (Å²) in [5, 5.41) is 3.20. The Morgan fingerprint density at radius 2 is 2.05 bits per heavy atom. The van der Waals surface area contributed by atoms with Gasteiger partial charge in [0.15, 0.2) is 0 Å². The number of hydrogen-bond donors (Lipinski definition) is 1. The van der Waals surface area contributed by atoms with Crippen molar-refractivity contribution in [1.82, 2.24) is 14.9 Å². The van der Waals surface area contributed by atoms with Crippen LogP contribution in [-0.4, -0.2) is 16.1 Å². The fraction of sp³-hybridized carbons (Fsp3) is 0.462. The van der Waals surface area contributed by atoms with Crippen molar-refractivity contribution in [2.75, 3.05) is 6.54 Å². The van der Waals surface area contributed by atoms with E-state index in [0.29, 0.717) is 11.0 Å². The molecular formula is C13H16F3N3. The van der Waals surface area contributed by atoms with E-state index in [1.165, 1.54) is 6.07 Å². The van der Waals surface area contributed by atoms with Crippen molar-refractivity contribution in [1.29, 1.82) is 0 Å². The third kappa shape index (κ3) is 2.58. The van der Waals surface area contributed by atoms with Gasteiger partial charge in [-0.2, -0.15) is 13.2 Å². The number of rotatable bonds is 3. The van der Waals surface area contributed by atoms with Crippen molar-refractivity contribution in [2.45, 2.75) is 26.1 Å². The maximum Gasteiger partial charge on any atom is 0.416 e. The Morgan fingerprint density at radius 3 is 2.63 bits per heavy atom. The van der Waals surface area contributed by atoms with Crippen LogP contribution in [0.5, 0.6) is 0 Å². The molecular weight excluding hydrogens is 255 g/mol. The van der Waals surface area contributed by atoms with Gasteiger partial charge < -0.3 is 9.88 Å². The molecule has 19 heavy (non-hydrogen) atoms. The quantitative estimate of drug-likeness (QED) is 0.928. The van der Waals surface area contributed by atoms with Gasteiger partial charge in [0.25, 0.3) is 0 Å². The fourth-order valence-electron chi connectivity index (χ4n) is 2.18. The Bertz CT molecular complexity index is 587. The predicted octanol–water partition coefficient (Wildman–Crippen LogP) is 3.26. The highest BCUT2D eigenvalue weighted by Gasteiger charge is 2.31. The molecule has 0 radical (unpaired) electrons. The van der Waals surface area contributed by atoms with Gasteiger partial charge in [-0.1, -0.05) is 6.92 Å². The van der Waals surface area contributed by atoms with Crippen LogP contribution in [-0.2, 0) is 13.2 Å². The van der Waals surface area contributed by atoms with E-state index in [1.807, 2.05) is 25.5 Å². The molecule has 1 aromatic heterocycles. The largest absolute Gasteiger partial charge is 0.416 e. The zero-order valence-electron chi connectivity index (χ0n) is 11.0. The van der Waals surface area contributed by atoms with Crippen LogP contribution in [0.3, 0.4) is 0 Å². The SMILES string of the molecule is CCNC(C)c1nc2cc(C(F)(F)F)ccc2n1C. The van der Waals surface area contributed by atoms with Crippen LogP contribution in [0.15, 0.2) is 18.2 Å². The number of alkyl halides is 3. The van der Waals surface area contributed by atoms with Gasteiger partial charge in [-0.15, -0.1) is 0 Å². The van der Waals surface area contributed by atoms with Crippen molar-refractivity contribution in [3.8, 4) is 0 Å². The monoisotopic (exact) mass is 271 g/mol. The van der Waals surface area contributed by atoms with E-state index in [0.717, 1.165) is 24.5 Å². The molecule has 1 heterocycles. The predicted molar refractivity (Wildman–Crippen MR) is 67.8 cm³/mol. The first-order chi connectivity index (χ1) is 8.84. The van der Waals surface area contributed by atoms with E-state index in [4.69, 9.17) is 0 Å². The average molecular weight is 271 g/mol. The zero-order valence-corrected chi connectivity index (χ0v) is 11.0. The molecule has 0 aliphatic carbocycles. The summed E-state index contributed by atoms with van der Waals surface area (Å²) < 4.78 is 39.8. The van der Waals surface area contributed by atoms with Gasteiger partial charge >= 0.3 is 6.18 Å². The molecule has 0 aliphatic rings. The van der Waals surface area contributed by atoms with E-state index < -0.39 is 11.7 Å². The van der Waals surface area contributed by atoms with E-state index in [9.17, 15) is 13.2 Å². The van der Waals surface area contributed by atoms with Crippen LogP contribution in [0.25, 0.3) is 11.0 Å². The van der Waals surface area contributed by atoms with Crippen LogP contribution in [0.1, 0.15) is 31.3 Å². The second-order valence-electron chi connectivity index (χ2n) is 4.51. The number of benzene rings is 1. The summed E-state index contributed by atoms with van der Waals surface area (Å²) in [6, 6.07) is 3.65. The highest BCUT2D eigenvalue weighted by Crippen LogP contribution is 2.31. The summed E-state index contributed by atoms with van der Waals surface area (Å²) in [5.41, 5.74) is 0.408. The number of nitrogens with zero attached hydrogens (tertiary/aromatic N) is 2. The molecule has 6 heteroatoms. The summed E-state index contributed by atoms with van der Waals surface area (Å²) >= 11 is 0. The Kier molecular flexibility index (Phi) is 3.54. The highest BCUT2D eigenvalue weighted by molar-refractivity contribution is 5.77. The van der Waals surface area contributed by atoms with Gasteiger partial charge in [-0.05, 0) is 31.7 Å². The molecule has 0 saturated carbocycles. The molecule has 1 aromatic carbocycles. The molecule has 2 rings (SSSR count). The van der Waals surface area contributed by atoms with E-state index in [-0.39, 0.29) is 6.04 Å². The first-order valence-corrected chi connectivity index (χ1v) is 6.11. The third-order valence-electron chi connectivity index (χ3n) is 3.14. The van der Waals surface area contributed by atoms with Crippen molar-refractivity contribution in [3.05, 3.63) is 29.6 Å². The molecule has 1 atom stereocenters. The number of imidazole rings is 1. The van der Waals surface area contributed by atoms with Crippen molar-refractivity contribution >= 4 is 11.0 Å². The standard InChI is InChI=1S/C13H16F3N3/c1-4-17-8(2)12-18-10-7-9(13(14,15)16)5-6-11(10)19(12)3/h5-8,17H,4H2,1-3H3. The van der Waals surface area contributed by atoms with Crippen molar-refractivity contribution in [2.24, 2.45) is 7.05 Å². The smallest absolute Gasteiger partial charge is 0.330 e. The number of hydrogen-bond acceptors (Lipinski definition) is 2. The van der Waals surface area contributed by atoms with Gasteiger partial charge in [0, 0.05) is 7.05 Å². The normalized spacial score (nSPS) is 14.0. The number of halogens is 3. The highest BCUT2D eigenvalue weighted by atomic mass is 19.4. The lowest BCUT2D eigenvalue weighted by molar-refractivity contribution is -0.137. The molecule has 0 amide bonds. The van der Waals surface area contributed by atoms with Crippen LogP contribution in [0.2, 0.25) is 0 Å². The minimum atomic E-state index is -4.33. The maximum absolute atomic E-state index is 12.7. The lowest BCUT2D eigenvalue weighted by Crippen LogP contribution is -2.20. The topological polar surface area (TPSA) is 29.9 Å². The zero-order chi connectivity index (χ0) is 14.2. The number of aryl methyl sites for hydroxylation is 1.